The lowest BCUT2D eigenvalue weighted by atomic mass is 10.1. The highest BCUT2D eigenvalue weighted by molar-refractivity contribution is 7.92. The fourth-order valence-corrected chi connectivity index (χ4v) is 5.39. The van der Waals surface area contributed by atoms with Crippen LogP contribution in [0.2, 0.25) is 0 Å². The number of hydrogen-bond acceptors (Lipinski definition) is 4. The van der Waals surface area contributed by atoms with Gasteiger partial charge in [-0.1, -0.05) is 42.7 Å². The van der Waals surface area contributed by atoms with Crippen LogP contribution in [0.5, 0.6) is 0 Å². The molecule has 7 nitrogen and oxygen atoms in total. The molecule has 188 valence electrons. The Hall–Kier alpha value is -3.65. The number of aryl methyl sites for hydroxylation is 2. The van der Waals surface area contributed by atoms with Gasteiger partial charge in [-0.25, -0.2) is 8.42 Å². The number of rotatable bonds is 6. The largest absolute Gasteiger partial charge is 0.339 e. The molecule has 1 saturated heterocycles. The molecule has 3 aromatic rings. The molecular weight excluding hydrogens is 474 g/mol. The normalized spacial score (nSPS) is 14.1. The molecule has 4 rings (SSSR count). The molecule has 0 bridgehead atoms. The Morgan fingerprint density at radius 1 is 0.806 bits per heavy atom. The van der Waals surface area contributed by atoms with Crippen molar-refractivity contribution in [2.45, 2.75) is 44.4 Å². The number of carbonyl (C=O) groups excluding carboxylic acids is 2. The first kappa shape index (κ1) is 25.4. The maximum atomic E-state index is 13.2. The summed E-state index contributed by atoms with van der Waals surface area (Å²) in [5, 5.41) is 2.86. The van der Waals surface area contributed by atoms with E-state index in [2.05, 4.69) is 10.0 Å². The first-order chi connectivity index (χ1) is 17.2. The molecule has 0 spiro atoms. The van der Waals surface area contributed by atoms with Gasteiger partial charge in [0.15, 0.2) is 0 Å². The van der Waals surface area contributed by atoms with E-state index in [1.165, 1.54) is 0 Å². The van der Waals surface area contributed by atoms with E-state index in [4.69, 9.17) is 0 Å². The minimum absolute atomic E-state index is 0.0789. The topological polar surface area (TPSA) is 95.6 Å². The summed E-state index contributed by atoms with van der Waals surface area (Å²) in [6, 6.07) is 18.4. The van der Waals surface area contributed by atoms with Crippen molar-refractivity contribution in [2.75, 3.05) is 23.1 Å². The summed E-state index contributed by atoms with van der Waals surface area (Å²) in [4.78, 5) is 28.2. The Morgan fingerprint density at radius 2 is 1.47 bits per heavy atom. The molecule has 8 heteroatoms. The van der Waals surface area contributed by atoms with E-state index in [0.717, 1.165) is 44.3 Å². The minimum Gasteiger partial charge on any atom is -0.339 e. The van der Waals surface area contributed by atoms with Gasteiger partial charge in [-0.05, 0) is 74.7 Å². The van der Waals surface area contributed by atoms with Crippen molar-refractivity contribution in [1.29, 1.82) is 0 Å². The van der Waals surface area contributed by atoms with Gasteiger partial charge in [0.1, 0.15) is 0 Å². The fourth-order valence-electron chi connectivity index (χ4n) is 4.26. The lowest BCUT2D eigenvalue weighted by Gasteiger charge is -2.22. The van der Waals surface area contributed by atoms with Crippen molar-refractivity contribution in [3.8, 4) is 0 Å². The van der Waals surface area contributed by atoms with Gasteiger partial charge in [0.2, 0.25) is 0 Å². The summed E-state index contributed by atoms with van der Waals surface area (Å²) in [5.74, 6) is -0.452. The predicted molar refractivity (Wildman–Crippen MR) is 142 cm³/mol. The highest BCUT2D eigenvalue weighted by Crippen LogP contribution is 2.24. The van der Waals surface area contributed by atoms with Crippen LogP contribution in [0.25, 0.3) is 0 Å². The average Bonchev–Trinajstić information content (AvgIpc) is 3.15. The Balaban J connectivity index is 1.50. The standard InChI is InChI=1S/C28H31N3O4S/c1-20-11-14-23(15-12-20)36(34,35)30-25-16-13-22(19-21(25)2)27(32)29-26-10-6-5-9-24(26)28(33)31-17-7-3-4-8-18-31/h5-6,9-16,19,30H,3-4,7-8,17-18H2,1-2H3,(H,29,32). The van der Waals surface area contributed by atoms with Gasteiger partial charge in [-0.2, -0.15) is 0 Å². The van der Waals surface area contributed by atoms with Crippen LogP contribution < -0.4 is 10.0 Å². The maximum absolute atomic E-state index is 13.2. The van der Waals surface area contributed by atoms with E-state index in [1.54, 1.807) is 73.7 Å². The molecule has 2 amide bonds. The summed E-state index contributed by atoms with van der Waals surface area (Å²) >= 11 is 0. The smallest absolute Gasteiger partial charge is 0.261 e. The van der Waals surface area contributed by atoms with Gasteiger partial charge in [0.05, 0.1) is 21.8 Å². The zero-order valence-electron chi connectivity index (χ0n) is 20.6. The number of hydrogen-bond donors (Lipinski definition) is 2. The van der Waals surface area contributed by atoms with Crippen molar-refractivity contribution in [2.24, 2.45) is 0 Å². The third kappa shape index (κ3) is 5.94. The molecule has 1 fully saturated rings. The number of amides is 2. The summed E-state index contributed by atoms with van der Waals surface area (Å²) < 4.78 is 28.1. The van der Waals surface area contributed by atoms with Crippen molar-refractivity contribution in [3.05, 3.63) is 89.0 Å². The van der Waals surface area contributed by atoms with Crippen LogP contribution in [0.4, 0.5) is 11.4 Å². The van der Waals surface area contributed by atoms with Crippen LogP contribution in [-0.2, 0) is 10.0 Å². The Kier molecular flexibility index (Phi) is 7.74. The third-order valence-electron chi connectivity index (χ3n) is 6.36. The van der Waals surface area contributed by atoms with E-state index in [-0.39, 0.29) is 16.7 Å². The number of nitrogens with zero attached hydrogens (tertiary/aromatic N) is 1. The molecule has 1 aliphatic heterocycles. The second-order valence-corrected chi connectivity index (χ2v) is 10.8. The molecule has 36 heavy (non-hydrogen) atoms. The molecule has 0 radical (unpaired) electrons. The molecule has 0 aliphatic carbocycles. The van der Waals surface area contributed by atoms with E-state index in [0.29, 0.717) is 28.1 Å². The first-order valence-corrected chi connectivity index (χ1v) is 13.6. The molecular formula is C28H31N3O4S. The predicted octanol–water partition coefficient (Wildman–Crippen LogP) is 5.37. The highest BCUT2D eigenvalue weighted by Gasteiger charge is 2.21. The van der Waals surface area contributed by atoms with E-state index in [1.807, 2.05) is 11.8 Å². The highest BCUT2D eigenvalue weighted by atomic mass is 32.2. The van der Waals surface area contributed by atoms with Crippen LogP contribution in [0, 0.1) is 13.8 Å². The SMILES string of the molecule is Cc1ccc(S(=O)(=O)Nc2ccc(C(=O)Nc3ccccc3C(=O)N3CCCCCC3)cc2C)cc1. The number of likely N-dealkylation sites (tertiary alicyclic amines) is 1. The van der Waals surface area contributed by atoms with E-state index in [9.17, 15) is 18.0 Å². The van der Waals surface area contributed by atoms with Gasteiger partial charge in [0, 0.05) is 18.7 Å². The second kappa shape index (κ2) is 11.0. The van der Waals surface area contributed by atoms with Crippen LogP contribution in [0.3, 0.4) is 0 Å². The molecule has 1 aliphatic rings. The van der Waals surface area contributed by atoms with Gasteiger partial charge in [0.25, 0.3) is 21.8 Å². The van der Waals surface area contributed by atoms with Crippen LogP contribution in [-0.4, -0.2) is 38.2 Å². The van der Waals surface area contributed by atoms with Gasteiger partial charge < -0.3 is 10.2 Å². The first-order valence-electron chi connectivity index (χ1n) is 12.1. The Bertz CT molecular complexity index is 1360. The van der Waals surface area contributed by atoms with Crippen LogP contribution >= 0.6 is 0 Å². The van der Waals surface area contributed by atoms with Crippen molar-refractivity contribution in [3.63, 3.8) is 0 Å². The van der Waals surface area contributed by atoms with Crippen molar-refractivity contribution in [1.82, 2.24) is 4.90 Å². The van der Waals surface area contributed by atoms with Crippen molar-refractivity contribution >= 4 is 33.2 Å². The zero-order chi connectivity index (χ0) is 25.7. The fraction of sp³-hybridized carbons (Fsp3) is 0.286. The molecule has 3 aromatic carbocycles. The number of nitrogens with one attached hydrogen (secondary N) is 2. The van der Waals surface area contributed by atoms with Gasteiger partial charge in [-0.3, -0.25) is 14.3 Å². The van der Waals surface area contributed by atoms with Crippen molar-refractivity contribution < 1.29 is 18.0 Å². The molecule has 0 saturated carbocycles. The van der Waals surface area contributed by atoms with E-state index >= 15 is 0 Å². The summed E-state index contributed by atoms with van der Waals surface area (Å²) in [5.41, 5.74) is 3.25. The monoisotopic (exact) mass is 505 g/mol. The number of sulfonamides is 1. The minimum atomic E-state index is -3.76. The molecule has 2 N–H and O–H groups in total. The van der Waals surface area contributed by atoms with Crippen LogP contribution in [0.1, 0.15) is 57.5 Å². The Labute approximate surface area is 212 Å². The molecule has 0 unspecified atom stereocenters. The quantitative estimate of drug-likeness (QED) is 0.471. The lowest BCUT2D eigenvalue weighted by molar-refractivity contribution is 0.0762. The summed E-state index contributed by atoms with van der Waals surface area (Å²) in [6.07, 6.45) is 4.22. The number of para-hydroxylation sites is 1. The zero-order valence-corrected chi connectivity index (χ0v) is 21.4. The summed E-state index contributed by atoms with van der Waals surface area (Å²) in [6.45, 7) is 5.07. The summed E-state index contributed by atoms with van der Waals surface area (Å²) in [7, 11) is -3.76. The number of benzene rings is 3. The Morgan fingerprint density at radius 3 is 2.14 bits per heavy atom. The third-order valence-corrected chi connectivity index (χ3v) is 7.74. The molecule has 1 heterocycles. The molecule has 0 atom stereocenters. The second-order valence-electron chi connectivity index (χ2n) is 9.15. The lowest BCUT2D eigenvalue weighted by Crippen LogP contribution is -2.32. The van der Waals surface area contributed by atoms with Crippen LogP contribution in [0.15, 0.2) is 71.6 Å². The number of carbonyl (C=O) groups is 2. The maximum Gasteiger partial charge on any atom is 0.261 e. The van der Waals surface area contributed by atoms with Gasteiger partial charge >= 0.3 is 0 Å². The average molecular weight is 506 g/mol. The van der Waals surface area contributed by atoms with Gasteiger partial charge in [-0.15, -0.1) is 0 Å². The molecule has 0 aromatic heterocycles. The van der Waals surface area contributed by atoms with E-state index < -0.39 is 10.0 Å². The number of anilines is 2.